The Morgan fingerprint density at radius 1 is 0.682 bits per heavy atom. The molecule has 0 nitrogen and oxygen atoms in total. The van der Waals surface area contributed by atoms with Gasteiger partial charge in [0.05, 0.1) is 0 Å². The fourth-order valence-corrected chi connectivity index (χ4v) is 1.83. The molecule has 2 aromatic carbocycles. The first kappa shape index (κ1) is 22.5. The summed E-state index contributed by atoms with van der Waals surface area (Å²) < 4.78 is 0. The van der Waals surface area contributed by atoms with Gasteiger partial charge in [-0.2, -0.15) is 0 Å². The summed E-state index contributed by atoms with van der Waals surface area (Å²) in [5.41, 5.74) is 6.31. The van der Waals surface area contributed by atoms with Crippen molar-refractivity contribution < 1.29 is 0 Å². The molecule has 0 atom stereocenters. The van der Waals surface area contributed by atoms with Crippen molar-refractivity contribution in [2.24, 2.45) is 0 Å². The van der Waals surface area contributed by atoms with E-state index in [1.165, 1.54) is 27.8 Å². The van der Waals surface area contributed by atoms with Crippen molar-refractivity contribution in [1.29, 1.82) is 0 Å². The first-order chi connectivity index (χ1) is 10.7. The molecule has 0 spiro atoms. The maximum Gasteiger partial charge on any atom is -0.0181 e. The second-order valence-electron chi connectivity index (χ2n) is 4.14. The molecule has 0 bridgehead atoms. The Balaban J connectivity index is 0. The summed E-state index contributed by atoms with van der Waals surface area (Å²) in [7, 11) is 0. The van der Waals surface area contributed by atoms with Crippen LogP contribution in [0.15, 0.2) is 49.0 Å². The lowest BCUT2D eigenvalue weighted by Gasteiger charge is -2.06. The predicted molar refractivity (Wildman–Crippen MR) is 105 cm³/mol. The monoisotopic (exact) mass is 298 g/mol. The van der Waals surface area contributed by atoms with E-state index in [4.69, 9.17) is 0 Å². The van der Waals surface area contributed by atoms with Crippen molar-refractivity contribution >= 4 is 6.08 Å². The topological polar surface area (TPSA) is 0 Å². The largest absolute Gasteiger partial charge is 0.0985 e. The third kappa shape index (κ3) is 7.26. The smallest absolute Gasteiger partial charge is 0.0181 e. The van der Waals surface area contributed by atoms with E-state index >= 15 is 0 Å². The van der Waals surface area contributed by atoms with Gasteiger partial charge in [-0.1, -0.05) is 102 Å². The van der Waals surface area contributed by atoms with E-state index in [1.54, 1.807) is 0 Å². The molecule has 0 aromatic heterocycles. The second-order valence-corrected chi connectivity index (χ2v) is 4.14. The van der Waals surface area contributed by atoms with Crippen LogP contribution in [0.3, 0.4) is 0 Å². The Kier molecular flexibility index (Phi) is 14.4. The molecule has 0 heteroatoms. The summed E-state index contributed by atoms with van der Waals surface area (Å²) in [5.74, 6) is 0. The van der Waals surface area contributed by atoms with Crippen LogP contribution >= 0.6 is 0 Å². The lowest BCUT2D eigenvalue weighted by atomic mass is 9.99. The number of aryl methyl sites for hydroxylation is 2. The van der Waals surface area contributed by atoms with Crippen LogP contribution in [-0.4, -0.2) is 0 Å². The average Bonchev–Trinajstić information content (AvgIpc) is 2.61. The molecule has 0 saturated heterocycles. The molecule has 0 N–H and O–H groups in total. The summed E-state index contributed by atoms with van der Waals surface area (Å²) in [6, 6.07) is 15.1. The van der Waals surface area contributed by atoms with Crippen LogP contribution in [0.2, 0.25) is 0 Å². The third-order valence-corrected chi connectivity index (χ3v) is 2.87. The highest BCUT2D eigenvalue weighted by Crippen LogP contribution is 2.23. The summed E-state index contributed by atoms with van der Waals surface area (Å²) in [5, 5.41) is 0. The Hall–Kier alpha value is -1.82. The Bertz CT molecular complexity index is 504. The van der Waals surface area contributed by atoms with Gasteiger partial charge in [-0.15, -0.1) is 0 Å². The van der Waals surface area contributed by atoms with Gasteiger partial charge in [0.1, 0.15) is 0 Å². The molecule has 0 unspecified atom stereocenters. The lowest BCUT2D eigenvalue weighted by Crippen LogP contribution is -1.83. The molecule has 0 radical (unpaired) electrons. The molecule has 0 fully saturated rings. The number of benzene rings is 2. The third-order valence-electron chi connectivity index (χ3n) is 2.87. The van der Waals surface area contributed by atoms with Crippen molar-refractivity contribution in [2.45, 2.75) is 55.4 Å². The molecular formula is C22H34. The summed E-state index contributed by atoms with van der Waals surface area (Å²) in [4.78, 5) is 0. The number of hydrogen-bond acceptors (Lipinski definition) is 0. The predicted octanol–water partition coefficient (Wildman–Crippen LogP) is 7.69. The quantitative estimate of drug-likeness (QED) is 0.533. The van der Waals surface area contributed by atoms with Gasteiger partial charge in [0.15, 0.2) is 0 Å². The number of rotatable bonds is 2. The molecule has 0 amide bonds. The highest BCUT2D eigenvalue weighted by atomic mass is 14.0. The van der Waals surface area contributed by atoms with E-state index in [-0.39, 0.29) is 0 Å². The van der Waals surface area contributed by atoms with Crippen LogP contribution in [0, 0.1) is 13.8 Å². The zero-order valence-electron chi connectivity index (χ0n) is 15.8. The van der Waals surface area contributed by atoms with Crippen LogP contribution in [0.1, 0.15) is 58.2 Å². The molecule has 0 heterocycles. The van der Waals surface area contributed by atoms with Crippen molar-refractivity contribution in [3.05, 3.63) is 65.7 Å². The zero-order valence-corrected chi connectivity index (χ0v) is 15.8. The molecule has 0 aliphatic rings. The second kappa shape index (κ2) is 14.1. The Labute approximate surface area is 138 Å². The van der Waals surface area contributed by atoms with Gasteiger partial charge >= 0.3 is 0 Å². The zero-order chi connectivity index (χ0) is 17.5. The van der Waals surface area contributed by atoms with E-state index in [1.807, 2.05) is 47.6 Å². The molecule has 2 aromatic rings. The first-order valence-electron chi connectivity index (χ1n) is 8.51. The molecule has 22 heavy (non-hydrogen) atoms. The minimum absolute atomic E-state index is 1.20. The van der Waals surface area contributed by atoms with Crippen molar-refractivity contribution in [3.63, 3.8) is 0 Å². The van der Waals surface area contributed by atoms with Gasteiger partial charge < -0.3 is 0 Å². The Morgan fingerprint density at radius 2 is 1.14 bits per heavy atom. The van der Waals surface area contributed by atoms with E-state index in [0.29, 0.717) is 0 Å². The summed E-state index contributed by atoms with van der Waals surface area (Å²) in [6.45, 7) is 20.0. The molecule has 0 aliphatic heterocycles. The van der Waals surface area contributed by atoms with E-state index in [2.05, 4.69) is 62.9 Å². The van der Waals surface area contributed by atoms with Crippen LogP contribution in [0.5, 0.6) is 0 Å². The SMILES string of the molecule is C=Cc1ccc(-c2ccc(C)cc2)cc1C.CC.CC.CC. The van der Waals surface area contributed by atoms with Crippen LogP contribution in [-0.2, 0) is 0 Å². The molecule has 0 saturated carbocycles. The summed E-state index contributed by atoms with van der Waals surface area (Å²) >= 11 is 0. The molecular weight excluding hydrogens is 264 g/mol. The van der Waals surface area contributed by atoms with Gasteiger partial charge in [0.2, 0.25) is 0 Å². The summed E-state index contributed by atoms with van der Waals surface area (Å²) in [6.07, 6.45) is 1.90. The van der Waals surface area contributed by atoms with Crippen LogP contribution in [0.25, 0.3) is 17.2 Å². The average molecular weight is 299 g/mol. The first-order valence-corrected chi connectivity index (χ1v) is 8.51. The van der Waals surface area contributed by atoms with E-state index in [9.17, 15) is 0 Å². The van der Waals surface area contributed by atoms with Gasteiger partial charge in [-0.3, -0.25) is 0 Å². The van der Waals surface area contributed by atoms with Crippen molar-refractivity contribution in [3.8, 4) is 11.1 Å². The molecule has 2 rings (SSSR count). The minimum atomic E-state index is 1.20. The standard InChI is InChI=1S/C16H16.3C2H6/c1-4-14-9-10-16(11-13(14)3)15-7-5-12(2)6-8-15;3*1-2/h4-11H,1H2,2-3H3;3*1-2H3. The van der Waals surface area contributed by atoms with Crippen molar-refractivity contribution in [2.75, 3.05) is 0 Å². The lowest BCUT2D eigenvalue weighted by molar-refractivity contribution is 1.43. The minimum Gasteiger partial charge on any atom is -0.0985 e. The van der Waals surface area contributed by atoms with Gasteiger partial charge in [0.25, 0.3) is 0 Å². The van der Waals surface area contributed by atoms with Crippen LogP contribution in [0.4, 0.5) is 0 Å². The molecule has 0 aliphatic carbocycles. The van der Waals surface area contributed by atoms with E-state index in [0.717, 1.165) is 0 Å². The number of hydrogen-bond donors (Lipinski definition) is 0. The maximum absolute atomic E-state index is 3.81. The maximum atomic E-state index is 3.81. The normalized spacial score (nSPS) is 8.18. The van der Waals surface area contributed by atoms with E-state index < -0.39 is 0 Å². The van der Waals surface area contributed by atoms with Gasteiger partial charge in [-0.05, 0) is 36.1 Å². The highest BCUT2D eigenvalue weighted by Gasteiger charge is 1.99. The fourth-order valence-electron chi connectivity index (χ4n) is 1.83. The van der Waals surface area contributed by atoms with Gasteiger partial charge in [-0.25, -0.2) is 0 Å². The van der Waals surface area contributed by atoms with Crippen LogP contribution < -0.4 is 0 Å². The Morgan fingerprint density at radius 3 is 1.55 bits per heavy atom. The van der Waals surface area contributed by atoms with Gasteiger partial charge in [0, 0.05) is 0 Å². The fraction of sp³-hybridized carbons (Fsp3) is 0.364. The molecule has 122 valence electrons. The van der Waals surface area contributed by atoms with Crippen molar-refractivity contribution in [1.82, 2.24) is 0 Å². The highest BCUT2D eigenvalue weighted by molar-refractivity contribution is 5.67.